The molecule has 0 fully saturated rings. The Morgan fingerprint density at radius 1 is 0.367 bits per heavy atom. The van der Waals surface area contributed by atoms with Crippen molar-refractivity contribution in [3.63, 3.8) is 0 Å². The van der Waals surface area contributed by atoms with Crippen molar-refractivity contribution in [2.75, 3.05) is 0 Å². The molecular formula is C29H62Si. The minimum absolute atomic E-state index is 0.184. The quantitative estimate of drug-likeness (QED) is 0.0930. The molecule has 0 aliphatic carbocycles. The predicted molar refractivity (Wildman–Crippen MR) is 145 cm³/mol. The molecule has 0 nitrogen and oxygen atoms in total. The Labute approximate surface area is 196 Å². The van der Waals surface area contributed by atoms with Crippen LogP contribution in [0.3, 0.4) is 0 Å². The van der Waals surface area contributed by atoms with Gasteiger partial charge in [0.2, 0.25) is 0 Å². The molecule has 182 valence electrons. The first-order valence-electron chi connectivity index (χ1n) is 14.8. The fourth-order valence-corrected chi connectivity index (χ4v) is 7.33. The average molecular weight is 439 g/mol. The van der Waals surface area contributed by atoms with Crippen LogP contribution in [0.1, 0.15) is 175 Å². The first-order valence-corrected chi connectivity index (χ1v) is 16.7. The minimum atomic E-state index is 0.184. The van der Waals surface area contributed by atoms with Crippen LogP contribution in [0, 0.1) is 0 Å². The Morgan fingerprint density at radius 2 is 0.667 bits per heavy atom. The molecule has 0 rings (SSSR count). The number of hydrogen-bond acceptors (Lipinski definition) is 0. The molecule has 0 saturated carbocycles. The Kier molecular flexibility index (Phi) is 27.4. The topological polar surface area (TPSA) is 0 Å². The molecule has 0 aromatic heterocycles. The highest BCUT2D eigenvalue weighted by Gasteiger charge is 2.09. The molecular weight excluding hydrogens is 376 g/mol. The van der Waals surface area contributed by atoms with Crippen LogP contribution in [-0.2, 0) is 0 Å². The van der Waals surface area contributed by atoms with E-state index in [9.17, 15) is 0 Å². The largest absolute Gasteiger partial charge is 0.0654 e. The molecule has 0 unspecified atom stereocenters. The summed E-state index contributed by atoms with van der Waals surface area (Å²) in [6.07, 6.45) is 35.8. The van der Waals surface area contributed by atoms with E-state index < -0.39 is 0 Å². The zero-order chi connectivity index (χ0) is 22.0. The van der Waals surface area contributed by atoms with Crippen LogP contribution in [0.4, 0.5) is 0 Å². The monoisotopic (exact) mass is 438 g/mol. The second-order valence-corrected chi connectivity index (χ2v) is 12.7. The Balaban J connectivity index is 3.81. The van der Waals surface area contributed by atoms with Gasteiger partial charge in [0.05, 0.1) is 0 Å². The van der Waals surface area contributed by atoms with Crippen molar-refractivity contribution in [2.45, 2.75) is 186 Å². The first kappa shape index (κ1) is 30.2. The molecule has 30 heavy (non-hydrogen) atoms. The van der Waals surface area contributed by atoms with Gasteiger partial charge in [-0.05, 0) is 0 Å². The van der Waals surface area contributed by atoms with E-state index in [1.54, 1.807) is 38.1 Å². The summed E-state index contributed by atoms with van der Waals surface area (Å²) in [5.74, 6) is 0. The zero-order valence-electron chi connectivity index (χ0n) is 22.0. The third-order valence-electron chi connectivity index (χ3n) is 7.15. The summed E-state index contributed by atoms with van der Waals surface area (Å²) in [4.78, 5) is 0. The maximum atomic E-state index is 2.33. The summed E-state index contributed by atoms with van der Waals surface area (Å²) < 4.78 is 0. The highest BCUT2D eigenvalue weighted by Crippen LogP contribution is 2.25. The fourth-order valence-electron chi connectivity index (χ4n) is 4.96. The predicted octanol–water partition coefficient (Wildman–Crippen LogP) is 10.8. The van der Waals surface area contributed by atoms with Crippen molar-refractivity contribution in [2.24, 2.45) is 0 Å². The van der Waals surface area contributed by atoms with Crippen LogP contribution in [-0.4, -0.2) is 9.52 Å². The van der Waals surface area contributed by atoms with Crippen molar-refractivity contribution >= 4 is 9.52 Å². The normalized spacial score (nSPS) is 12.0. The minimum Gasteiger partial charge on any atom is -0.0654 e. The Hall–Kier alpha value is 0.217. The van der Waals surface area contributed by atoms with E-state index in [-0.39, 0.29) is 9.52 Å². The van der Waals surface area contributed by atoms with Crippen molar-refractivity contribution in [1.29, 1.82) is 0 Å². The molecule has 0 radical (unpaired) electrons. The molecule has 0 saturated heterocycles. The van der Waals surface area contributed by atoms with Gasteiger partial charge in [-0.1, -0.05) is 186 Å². The molecule has 1 heteroatoms. The van der Waals surface area contributed by atoms with Gasteiger partial charge in [-0.3, -0.25) is 0 Å². The second-order valence-electron chi connectivity index (χ2n) is 10.3. The van der Waals surface area contributed by atoms with Crippen molar-refractivity contribution in [3.05, 3.63) is 0 Å². The Bertz CT molecular complexity index is 268. The van der Waals surface area contributed by atoms with Crippen molar-refractivity contribution < 1.29 is 0 Å². The average Bonchev–Trinajstić information content (AvgIpc) is 2.76. The smallest absolute Gasteiger partial charge is 0.0231 e. The van der Waals surface area contributed by atoms with Crippen LogP contribution in [0.5, 0.6) is 0 Å². The van der Waals surface area contributed by atoms with Gasteiger partial charge >= 0.3 is 0 Å². The van der Waals surface area contributed by atoms with E-state index in [0.717, 1.165) is 0 Å². The van der Waals surface area contributed by atoms with Crippen LogP contribution >= 0.6 is 0 Å². The Morgan fingerprint density at radius 3 is 1.03 bits per heavy atom. The summed E-state index contributed by atoms with van der Waals surface area (Å²) in [5, 5.41) is 0. The second kappa shape index (κ2) is 27.3. The summed E-state index contributed by atoms with van der Waals surface area (Å²) in [6.45, 7) is 6.97. The lowest BCUT2D eigenvalue weighted by atomic mass is 10.0. The molecule has 0 atom stereocenters. The van der Waals surface area contributed by atoms with E-state index in [2.05, 4.69) is 20.8 Å². The molecule has 0 spiro atoms. The molecule has 0 heterocycles. The summed E-state index contributed by atoms with van der Waals surface area (Å²) in [5.41, 5.74) is 1.18. The van der Waals surface area contributed by atoms with Crippen molar-refractivity contribution in [1.82, 2.24) is 0 Å². The number of rotatable bonds is 26. The molecule has 0 aliphatic heterocycles. The first-order chi connectivity index (χ1) is 14.8. The maximum absolute atomic E-state index is 2.33. The van der Waals surface area contributed by atoms with E-state index >= 15 is 0 Å². The molecule has 0 aliphatic rings. The van der Waals surface area contributed by atoms with E-state index in [1.165, 1.54) is 128 Å². The molecule has 0 aromatic rings. The lowest BCUT2D eigenvalue weighted by Crippen LogP contribution is -2.04. The van der Waals surface area contributed by atoms with Gasteiger partial charge in [-0.2, -0.15) is 0 Å². The van der Waals surface area contributed by atoms with E-state index in [4.69, 9.17) is 0 Å². The fraction of sp³-hybridized carbons (Fsp3) is 1.00. The van der Waals surface area contributed by atoms with Gasteiger partial charge < -0.3 is 0 Å². The SMILES string of the molecule is CCCCCCCCCCC(CCCCCCCCCC)[SiH2]CCCCCCCC. The molecule has 0 N–H and O–H groups in total. The summed E-state index contributed by atoms with van der Waals surface area (Å²) in [6, 6.07) is 1.64. The van der Waals surface area contributed by atoms with E-state index in [0.29, 0.717) is 0 Å². The van der Waals surface area contributed by atoms with Crippen molar-refractivity contribution in [3.8, 4) is 0 Å². The van der Waals surface area contributed by atoms with Gasteiger partial charge in [-0.25, -0.2) is 0 Å². The molecule has 0 amide bonds. The van der Waals surface area contributed by atoms with E-state index in [1.807, 2.05) is 0 Å². The highest BCUT2D eigenvalue weighted by atomic mass is 28.2. The molecule has 0 bridgehead atoms. The van der Waals surface area contributed by atoms with Gasteiger partial charge in [0.15, 0.2) is 0 Å². The summed E-state index contributed by atoms with van der Waals surface area (Å²) in [7, 11) is 0.184. The third kappa shape index (κ3) is 24.5. The van der Waals surface area contributed by atoms with Crippen LogP contribution in [0.15, 0.2) is 0 Å². The van der Waals surface area contributed by atoms with Crippen LogP contribution in [0.25, 0.3) is 0 Å². The van der Waals surface area contributed by atoms with Gasteiger partial charge in [0.1, 0.15) is 0 Å². The summed E-state index contributed by atoms with van der Waals surface area (Å²) >= 11 is 0. The number of hydrogen-bond donors (Lipinski definition) is 0. The van der Waals surface area contributed by atoms with Crippen LogP contribution < -0.4 is 0 Å². The highest BCUT2D eigenvalue weighted by molar-refractivity contribution is 6.37. The number of unbranched alkanes of at least 4 members (excludes halogenated alkanes) is 19. The maximum Gasteiger partial charge on any atom is 0.0231 e. The van der Waals surface area contributed by atoms with Crippen LogP contribution in [0.2, 0.25) is 11.6 Å². The zero-order valence-corrected chi connectivity index (χ0v) is 23.4. The van der Waals surface area contributed by atoms with Gasteiger partial charge in [0.25, 0.3) is 0 Å². The third-order valence-corrected chi connectivity index (χ3v) is 9.69. The standard InChI is InChI=1S/C29H62Si/c1-4-7-10-13-16-18-20-23-26-29(30-28-25-22-15-12-9-6-3)27-24-21-19-17-14-11-8-5-2/h29H,4-28,30H2,1-3H3. The lowest BCUT2D eigenvalue weighted by Gasteiger charge is -2.16. The lowest BCUT2D eigenvalue weighted by molar-refractivity contribution is 0.521. The molecule has 0 aromatic carbocycles. The van der Waals surface area contributed by atoms with Gasteiger partial charge in [0, 0.05) is 9.52 Å². The van der Waals surface area contributed by atoms with Gasteiger partial charge in [-0.15, -0.1) is 0 Å².